The van der Waals surface area contributed by atoms with Crippen LogP contribution in [0.1, 0.15) is 40.2 Å². The van der Waals surface area contributed by atoms with Gasteiger partial charge in [0.25, 0.3) is 0 Å². The smallest absolute Gasteiger partial charge is 0.123 e. The Kier molecular flexibility index (Phi) is 6.32. The molecule has 19 heavy (non-hydrogen) atoms. The lowest BCUT2D eigenvalue weighted by atomic mass is 10.1. The molecule has 108 valence electrons. The number of para-hydroxylation sites is 1. The predicted molar refractivity (Wildman–Crippen MR) is 81.7 cm³/mol. The van der Waals surface area contributed by atoms with Gasteiger partial charge in [-0.3, -0.25) is 0 Å². The molecule has 3 nitrogen and oxygen atoms in total. The molecule has 0 saturated carbocycles. The van der Waals surface area contributed by atoms with Crippen LogP contribution in [0.4, 0.5) is 0 Å². The maximum atomic E-state index is 5.63. The molecule has 0 aromatic heterocycles. The monoisotopic (exact) mass is 264 g/mol. The number of ether oxygens (including phenoxy) is 1. The van der Waals surface area contributed by atoms with Crippen molar-refractivity contribution in [3.63, 3.8) is 0 Å². The van der Waals surface area contributed by atoms with Gasteiger partial charge < -0.3 is 15.4 Å². The normalized spacial score (nSPS) is 13.3. The first-order valence-electron chi connectivity index (χ1n) is 7.11. The zero-order valence-corrected chi connectivity index (χ0v) is 12.9. The molecular weight excluding hydrogens is 236 g/mol. The summed E-state index contributed by atoms with van der Waals surface area (Å²) in [5.41, 5.74) is 1.38. The van der Waals surface area contributed by atoms with Gasteiger partial charge in [-0.25, -0.2) is 0 Å². The molecule has 0 aliphatic rings. The minimum atomic E-state index is 0.166. The summed E-state index contributed by atoms with van der Waals surface area (Å²) in [6, 6.07) is 8.63. The molecule has 0 saturated heterocycles. The Labute approximate surface area is 117 Å². The van der Waals surface area contributed by atoms with Gasteiger partial charge in [0.2, 0.25) is 0 Å². The van der Waals surface area contributed by atoms with Crippen LogP contribution in [0.15, 0.2) is 24.3 Å². The van der Waals surface area contributed by atoms with Crippen molar-refractivity contribution in [2.24, 2.45) is 0 Å². The van der Waals surface area contributed by atoms with Gasteiger partial charge in [-0.05, 0) is 40.7 Å². The lowest BCUT2D eigenvalue weighted by molar-refractivity contribution is 0.333. The van der Waals surface area contributed by atoms with Gasteiger partial charge in [-0.1, -0.05) is 18.2 Å². The van der Waals surface area contributed by atoms with Gasteiger partial charge in [0.1, 0.15) is 5.75 Å². The molecule has 1 atom stereocenters. The summed E-state index contributed by atoms with van der Waals surface area (Å²) in [5, 5.41) is 7.03. The second kappa shape index (κ2) is 7.51. The Balaban J connectivity index is 2.43. The second-order valence-electron chi connectivity index (χ2n) is 5.95. The van der Waals surface area contributed by atoms with Gasteiger partial charge in [0.05, 0.1) is 6.61 Å². The number of rotatable bonds is 7. The minimum absolute atomic E-state index is 0.166. The summed E-state index contributed by atoms with van der Waals surface area (Å²) in [6.07, 6.45) is 0. The highest BCUT2D eigenvalue weighted by atomic mass is 16.5. The van der Waals surface area contributed by atoms with Crippen molar-refractivity contribution in [1.82, 2.24) is 10.6 Å². The quantitative estimate of drug-likeness (QED) is 0.794. The fraction of sp³-hybridized carbons (Fsp3) is 0.625. The summed E-state index contributed by atoms with van der Waals surface area (Å²) in [6.45, 7) is 13.3. The summed E-state index contributed by atoms with van der Waals surface area (Å²) < 4.78 is 5.63. The van der Waals surface area contributed by atoms with Crippen LogP contribution in [-0.4, -0.2) is 24.7 Å². The molecular formula is C16H28N2O. The van der Waals surface area contributed by atoms with Crippen molar-refractivity contribution < 1.29 is 4.74 Å². The van der Waals surface area contributed by atoms with Gasteiger partial charge >= 0.3 is 0 Å². The Morgan fingerprint density at radius 2 is 1.89 bits per heavy atom. The van der Waals surface area contributed by atoms with E-state index < -0.39 is 0 Å². The van der Waals surface area contributed by atoms with Crippen LogP contribution < -0.4 is 15.4 Å². The molecule has 1 aromatic rings. The Bertz CT molecular complexity index is 371. The predicted octanol–water partition coefficient (Wildman–Crippen LogP) is 2.95. The molecule has 0 spiro atoms. The fourth-order valence-electron chi connectivity index (χ4n) is 1.76. The van der Waals surface area contributed by atoms with Gasteiger partial charge in [-0.2, -0.15) is 0 Å². The molecule has 1 unspecified atom stereocenters. The van der Waals surface area contributed by atoms with Crippen LogP contribution >= 0.6 is 0 Å². The van der Waals surface area contributed by atoms with Crippen LogP contribution in [0.25, 0.3) is 0 Å². The Morgan fingerprint density at radius 3 is 2.53 bits per heavy atom. The van der Waals surface area contributed by atoms with Crippen molar-refractivity contribution in [1.29, 1.82) is 0 Å². The van der Waals surface area contributed by atoms with E-state index >= 15 is 0 Å². The summed E-state index contributed by atoms with van der Waals surface area (Å²) in [7, 11) is 0. The highest BCUT2D eigenvalue weighted by Crippen LogP contribution is 2.17. The van der Waals surface area contributed by atoms with E-state index in [1.165, 1.54) is 5.56 Å². The average molecular weight is 264 g/mol. The third kappa shape index (κ3) is 6.60. The molecule has 0 amide bonds. The zero-order valence-electron chi connectivity index (χ0n) is 12.9. The SMILES string of the molecule is CCOc1ccccc1CNC(C)CNC(C)(C)C. The highest BCUT2D eigenvalue weighted by Gasteiger charge is 2.11. The summed E-state index contributed by atoms with van der Waals surface area (Å²) >= 11 is 0. The average Bonchev–Trinajstić information content (AvgIpc) is 2.35. The maximum Gasteiger partial charge on any atom is 0.123 e. The van der Waals surface area contributed by atoms with Crippen molar-refractivity contribution in [2.75, 3.05) is 13.2 Å². The van der Waals surface area contributed by atoms with Gasteiger partial charge in [0, 0.05) is 30.2 Å². The third-order valence-electron chi connectivity index (χ3n) is 2.85. The van der Waals surface area contributed by atoms with E-state index in [4.69, 9.17) is 4.74 Å². The molecule has 0 bridgehead atoms. The number of hydrogen-bond acceptors (Lipinski definition) is 3. The number of benzene rings is 1. The molecule has 2 N–H and O–H groups in total. The van der Waals surface area contributed by atoms with Crippen molar-refractivity contribution in [3.8, 4) is 5.75 Å². The first-order valence-corrected chi connectivity index (χ1v) is 7.11. The Hall–Kier alpha value is -1.06. The second-order valence-corrected chi connectivity index (χ2v) is 5.95. The minimum Gasteiger partial charge on any atom is -0.494 e. The highest BCUT2D eigenvalue weighted by molar-refractivity contribution is 5.33. The molecule has 3 heteroatoms. The van der Waals surface area contributed by atoms with Crippen molar-refractivity contribution >= 4 is 0 Å². The van der Waals surface area contributed by atoms with Crippen LogP contribution in [-0.2, 0) is 6.54 Å². The zero-order chi connectivity index (χ0) is 14.3. The lowest BCUT2D eigenvalue weighted by Gasteiger charge is -2.24. The van der Waals surface area contributed by atoms with Crippen molar-refractivity contribution in [3.05, 3.63) is 29.8 Å². The van der Waals surface area contributed by atoms with Gasteiger partial charge in [-0.15, -0.1) is 0 Å². The van der Waals surface area contributed by atoms with E-state index in [1.807, 2.05) is 19.1 Å². The van der Waals surface area contributed by atoms with Crippen LogP contribution in [0.5, 0.6) is 5.75 Å². The summed E-state index contributed by atoms with van der Waals surface area (Å²) in [4.78, 5) is 0. The standard InChI is InChI=1S/C16H28N2O/c1-6-19-15-10-8-7-9-14(15)12-17-13(2)11-18-16(3,4)5/h7-10,13,17-18H,6,11-12H2,1-5H3. The largest absolute Gasteiger partial charge is 0.494 e. The van der Waals surface area contributed by atoms with E-state index in [9.17, 15) is 0 Å². The molecule has 1 aromatic carbocycles. The van der Waals surface area contributed by atoms with E-state index in [2.05, 4.69) is 50.5 Å². The third-order valence-corrected chi connectivity index (χ3v) is 2.85. The topological polar surface area (TPSA) is 33.3 Å². The molecule has 0 radical (unpaired) electrons. The van der Waals surface area contributed by atoms with E-state index in [0.717, 1.165) is 18.8 Å². The van der Waals surface area contributed by atoms with E-state index in [-0.39, 0.29) is 5.54 Å². The first kappa shape index (κ1) is 16.0. The molecule has 1 rings (SSSR count). The molecule has 0 aliphatic heterocycles. The van der Waals surface area contributed by atoms with Crippen LogP contribution in [0.3, 0.4) is 0 Å². The molecule has 0 aliphatic carbocycles. The number of nitrogens with one attached hydrogen (secondary N) is 2. The Morgan fingerprint density at radius 1 is 1.21 bits per heavy atom. The van der Waals surface area contributed by atoms with Gasteiger partial charge in [0.15, 0.2) is 0 Å². The van der Waals surface area contributed by atoms with Crippen LogP contribution in [0.2, 0.25) is 0 Å². The molecule has 0 heterocycles. The van der Waals surface area contributed by atoms with Crippen LogP contribution in [0, 0.1) is 0 Å². The first-order chi connectivity index (χ1) is 8.92. The molecule has 0 fully saturated rings. The van der Waals surface area contributed by atoms with E-state index in [0.29, 0.717) is 12.6 Å². The maximum absolute atomic E-state index is 5.63. The summed E-state index contributed by atoms with van der Waals surface area (Å²) in [5.74, 6) is 0.980. The fourth-order valence-corrected chi connectivity index (χ4v) is 1.76. The number of hydrogen-bond donors (Lipinski definition) is 2. The van der Waals surface area contributed by atoms with E-state index in [1.54, 1.807) is 0 Å². The lowest BCUT2D eigenvalue weighted by Crippen LogP contribution is -2.44. The van der Waals surface area contributed by atoms with Crippen molar-refractivity contribution in [2.45, 2.75) is 52.7 Å².